The number of carbonyl (C=O) groups is 1. The summed E-state index contributed by atoms with van der Waals surface area (Å²) in [5, 5.41) is 2.95. The molecular weight excluding hydrogens is 583 g/mol. The van der Waals surface area contributed by atoms with Crippen LogP contribution in [-0.4, -0.2) is 20.4 Å². The molecular formula is C29H31IN2O3S. The first-order valence-electron chi connectivity index (χ1n) is 12.6. The molecule has 7 heteroatoms. The summed E-state index contributed by atoms with van der Waals surface area (Å²) >= 11 is 2.13. The van der Waals surface area contributed by atoms with Crippen molar-refractivity contribution in [1.29, 1.82) is 0 Å². The van der Waals surface area contributed by atoms with Crippen molar-refractivity contribution < 1.29 is 13.2 Å². The summed E-state index contributed by atoms with van der Waals surface area (Å²) in [7, 11) is -3.88. The molecule has 36 heavy (non-hydrogen) atoms. The lowest BCUT2D eigenvalue weighted by Gasteiger charge is -2.47. The Labute approximate surface area is 227 Å². The van der Waals surface area contributed by atoms with Crippen LogP contribution in [0.1, 0.15) is 49.7 Å². The molecule has 3 saturated carbocycles. The minimum atomic E-state index is -3.88. The van der Waals surface area contributed by atoms with Gasteiger partial charge in [-0.25, -0.2) is 8.42 Å². The van der Waals surface area contributed by atoms with E-state index in [9.17, 15) is 13.2 Å². The number of anilines is 1. The van der Waals surface area contributed by atoms with E-state index >= 15 is 0 Å². The van der Waals surface area contributed by atoms with Crippen molar-refractivity contribution in [3.63, 3.8) is 0 Å². The van der Waals surface area contributed by atoms with E-state index in [-0.39, 0.29) is 22.6 Å². The number of rotatable bonds is 8. The Morgan fingerprint density at radius 3 is 2.11 bits per heavy atom. The SMILES string of the molecule is O=C(Nc1ccc(C23CCC(CC2)CC3)cc1)[C@@H](Cc1ccccc1)NS(=O)(=O)c1ccc(I)cc1. The van der Waals surface area contributed by atoms with Crippen molar-refractivity contribution in [2.75, 3.05) is 5.32 Å². The summed E-state index contributed by atoms with van der Waals surface area (Å²) in [6.07, 6.45) is 7.97. The monoisotopic (exact) mass is 614 g/mol. The maximum Gasteiger partial charge on any atom is 0.242 e. The summed E-state index contributed by atoms with van der Waals surface area (Å²) in [5.74, 6) is 0.535. The number of benzene rings is 3. The summed E-state index contributed by atoms with van der Waals surface area (Å²) < 4.78 is 29.8. The first-order valence-corrected chi connectivity index (χ1v) is 15.1. The molecule has 3 aromatic carbocycles. The molecule has 2 N–H and O–H groups in total. The minimum absolute atomic E-state index is 0.139. The van der Waals surface area contributed by atoms with E-state index in [1.807, 2.05) is 42.5 Å². The highest BCUT2D eigenvalue weighted by Gasteiger charge is 2.41. The van der Waals surface area contributed by atoms with Gasteiger partial charge in [-0.2, -0.15) is 4.72 Å². The van der Waals surface area contributed by atoms with Crippen LogP contribution < -0.4 is 10.0 Å². The predicted molar refractivity (Wildman–Crippen MR) is 151 cm³/mol. The van der Waals surface area contributed by atoms with Gasteiger partial charge < -0.3 is 5.32 Å². The zero-order valence-corrected chi connectivity index (χ0v) is 23.1. The van der Waals surface area contributed by atoms with Gasteiger partial charge in [0.1, 0.15) is 6.04 Å². The molecule has 3 fully saturated rings. The van der Waals surface area contributed by atoms with E-state index in [1.165, 1.54) is 44.1 Å². The Hall–Kier alpha value is -2.23. The Morgan fingerprint density at radius 1 is 0.889 bits per heavy atom. The fourth-order valence-electron chi connectivity index (χ4n) is 5.73. The number of nitrogens with one attached hydrogen (secondary N) is 2. The van der Waals surface area contributed by atoms with Crippen LogP contribution in [0.2, 0.25) is 0 Å². The first kappa shape index (κ1) is 25.4. The maximum absolute atomic E-state index is 13.4. The smallest absolute Gasteiger partial charge is 0.242 e. The second-order valence-electron chi connectivity index (χ2n) is 10.1. The lowest BCUT2D eigenvalue weighted by molar-refractivity contribution is -0.117. The van der Waals surface area contributed by atoms with E-state index in [4.69, 9.17) is 0 Å². The molecule has 0 radical (unpaired) electrons. The standard InChI is InChI=1S/C29H31IN2O3S/c30-24-8-12-26(13-9-24)36(34,35)32-27(20-22-4-2-1-3-5-22)28(33)31-25-10-6-23(7-11-25)29-17-14-21(15-18-29)16-19-29/h1-13,21,27,32H,14-20H2,(H,31,33)/t21?,27-,29?/m1/s1. The number of hydrogen-bond donors (Lipinski definition) is 2. The van der Waals surface area contributed by atoms with Gasteiger partial charge in [-0.05, 0) is 126 Å². The Kier molecular flexibility index (Phi) is 7.51. The number of hydrogen-bond acceptors (Lipinski definition) is 3. The third kappa shape index (κ3) is 5.68. The number of fused-ring (bicyclic) bond motifs is 3. The quantitative estimate of drug-likeness (QED) is 0.304. The molecule has 2 bridgehead atoms. The van der Waals surface area contributed by atoms with Crippen LogP contribution in [0, 0.1) is 9.49 Å². The van der Waals surface area contributed by atoms with E-state index in [0.29, 0.717) is 5.69 Å². The maximum atomic E-state index is 13.4. The topological polar surface area (TPSA) is 75.3 Å². The van der Waals surface area contributed by atoms with Crippen molar-refractivity contribution in [3.05, 3.63) is 93.6 Å². The van der Waals surface area contributed by atoms with E-state index in [2.05, 4.69) is 44.8 Å². The lowest BCUT2D eigenvalue weighted by Crippen LogP contribution is -2.45. The van der Waals surface area contributed by atoms with E-state index < -0.39 is 16.1 Å². The average Bonchev–Trinajstić information content (AvgIpc) is 2.90. The Balaban J connectivity index is 1.33. The van der Waals surface area contributed by atoms with E-state index in [0.717, 1.165) is 15.1 Å². The van der Waals surface area contributed by atoms with Crippen molar-refractivity contribution in [1.82, 2.24) is 4.72 Å². The van der Waals surface area contributed by atoms with Crippen LogP contribution >= 0.6 is 22.6 Å². The van der Waals surface area contributed by atoms with Gasteiger partial charge in [-0.3, -0.25) is 4.79 Å². The highest BCUT2D eigenvalue weighted by atomic mass is 127. The lowest BCUT2D eigenvalue weighted by atomic mass is 9.58. The number of halogens is 1. The molecule has 0 unspecified atom stereocenters. The summed E-state index contributed by atoms with van der Waals surface area (Å²) in [6.45, 7) is 0. The van der Waals surface area contributed by atoms with Gasteiger partial charge in [0.2, 0.25) is 15.9 Å². The third-order valence-electron chi connectivity index (χ3n) is 7.88. The predicted octanol–water partition coefficient (Wildman–Crippen LogP) is 6.04. The molecule has 3 aliphatic carbocycles. The molecule has 0 heterocycles. The summed E-state index contributed by atoms with van der Waals surface area (Å²) in [4.78, 5) is 13.5. The number of sulfonamides is 1. The molecule has 188 valence electrons. The molecule has 5 nitrogen and oxygen atoms in total. The highest BCUT2D eigenvalue weighted by molar-refractivity contribution is 14.1. The second-order valence-corrected chi connectivity index (χ2v) is 13.1. The molecule has 0 spiro atoms. The minimum Gasteiger partial charge on any atom is -0.325 e. The number of carbonyl (C=O) groups excluding carboxylic acids is 1. The van der Waals surface area contributed by atoms with Gasteiger partial charge in [0.15, 0.2) is 0 Å². The van der Waals surface area contributed by atoms with Crippen LogP contribution in [-0.2, 0) is 26.7 Å². The van der Waals surface area contributed by atoms with Crippen molar-refractivity contribution in [2.45, 2.75) is 61.3 Å². The normalized spacial score (nSPS) is 22.2. The molecule has 0 aliphatic heterocycles. The average molecular weight is 615 g/mol. The summed E-state index contributed by atoms with van der Waals surface area (Å²) in [6, 6.07) is 23.3. The fraction of sp³-hybridized carbons (Fsp3) is 0.345. The Morgan fingerprint density at radius 2 is 1.50 bits per heavy atom. The second kappa shape index (κ2) is 10.6. The molecule has 0 saturated heterocycles. The van der Waals surface area contributed by atoms with Crippen molar-refractivity contribution in [2.24, 2.45) is 5.92 Å². The van der Waals surface area contributed by atoms with Gasteiger partial charge in [0.25, 0.3) is 0 Å². The molecule has 0 aromatic heterocycles. The molecule has 3 aliphatic rings. The molecule has 3 aromatic rings. The van der Waals surface area contributed by atoms with Crippen molar-refractivity contribution in [3.8, 4) is 0 Å². The zero-order valence-electron chi connectivity index (χ0n) is 20.1. The van der Waals surface area contributed by atoms with Crippen LogP contribution in [0.25, 0.3) is 0 Å². The third-order valence-corrected chi connectivity index (χ3v) is 10.1. The van der Waals surface area contributed by atoms with Crippen LogP contribution in [0.5, 0.6) is 0 Å². The van der Waals surface area contributed by atoms with Crippen molar-refractivity contribution >= 4 is 44.2 Å². The fourth-order valence-corrected chi connectivity index (χ4v) is 7.28. The number of amides is 1. The van der Waals surface area contributed by atoms with Gasteiger partial charge in [-0.15, -0.1) is 0 Å². The molecule has 1 atom stereocenters. The molecule has 1 amide bonds. The highest BCUT2D eigenvalue weighted by Crippen LogP contribution is 2.51. The van der Waals surface area contributed by atoms with Crippen LogP contribution in [0.15, 0.2) is 83.8 Å². The van der Waals surface area contributed by atoms with E-state index in [1.54, 1.807) is 24.3 Å². The largest absolute Gasteiger partial charge is 0.325 e. The van der Waals surface area contributed by atoms with Crippen LogP contribution in [0.3, 0.4) is 0 Å². The van der Waals surface area contributed by atoms with Crippen LogP contribution in [0.4, 0.5) is 5.69 Å². The first-order chi connectivity index (χ1) is 17.3. The zero-order chi connectivity index (χ0) is 25.2. The van der Waals surface area contributed by atoms with Gasteiger partial charge in [0, 0.05) is 9.26 Å². The van der Waals surface area contributed by atoms with Gasteiger partial charge in [-0.1, -0.05) is 42.5 Å². The van der Waals surface area contributed by atoms with Gasteiger partial charge in [0.05, 0.1) is 4.90 Å². The Bertz CT molecular complexity index is 1290. The molecule has 6 rings (SSSR count). The van der Waals surface area contributed by atoms with Gasteiger partial charge >= 0.3 is 0 Å². The summed E-state index contributed by atoms with van der Waals surface area (Å²) in [5.41, 5.74) is 3.20.